The molecule has 0 bridgehead atoms. The summed E-state index contributed by atoms with van der Waals surface area (Å²) < 4.78 is 93.6. The zero-order valence-corrected chi connectivity index (χ0v) is 14.6. The van der Waals surface area contributed by atoms with Gasteiger partial charge in [0, 0.05) is 0 Å². The summed E-state index contributed by atoms with van der Waals surface area (Å²) in [6, 6.07) is 1.09. The van der Waals surface area contributed by atoms with Gasteiger partial charge in [-0.1, -0.05) is 6.92 Å². The van der Waals surface area contributed by atoms with Gasteiger partial charge in [0.2, 0.25) is 5.91 Å². The average molecular weight is 428 g/mol. The first-order chi connectivity index (χ1) is 13.3. The smallest absolute Gasteiger partial charge is 0.358 e. The molecule has 1 heterocycles. The molecule has 0 aliphatic carbocycles. The summed E-state index contributed by atoms with van der Waals surface area (Å²) in [4.78, 5) is 22.0. The number of nitrogens with one attached hydrogen (secondary N) is 1. The number of aromatic nitrogens is 2. The third-order valence-electron chi connectivity index (χ3n) is 3.84. The maximum Gasteiger partial charge on any atom is 0.422 e. The standard InChI is InChI=1S/C15H11F7N4O3/c1-5(4-25-6(2)3-7(24-25)26(28)29)14(27)23-13-11(18)9(16)8(15(20,21)22)10(17)12(13)19/h3,5H,4H2,1-2H3,(H,23,27). The number of aryl methyl sites for hydroxylation is 1. The monoisotopic (exact) mass is 428 g/mol. The summed E-state index contributed by atoms with van der Waals surface area (Å²) in [5.74, 6) is -13.2. The first kappa shape index (κ1) is 22.1. The lowest BCUT2D eigenvalue weighted by Gasteiger charge is -2.16. The van der Waals surface area contributed by atoms with Gasteiger partial charge in [0.1, 0.15) is 11.3 Å². The van der Waals surface area contributed by atoms with E-state index in [4.69, 9.17) is 0 Å². The molecule has 2 aromatic rings. The van der Waals surface area contributed by atoms with Crippen molar-refractivity contribution in [2.24, 2.45) is 5.92 Å². The van der Waals surface area contributed by atoms with Crippen LogP contribution in [0, 0.1) is 46.2 Å². The Hall–Kier alpha value is -3.19. The number of rotatable bonds is 5. The molecule has 0 aliphatic rings. The molecule has 0 spiro atoms. The van der Waals surface area contributed by atoms with Crippen molar-refractivity contribution in [1.82, 2.24) is 9.78 Å². The molecule has 0 saturated carbocycles. The van der Waals surface area contributed by atoms with E-state index in [-0.39, 0.29) is 12.2 Å². The van der Waals surface area contributed by atoms with Crippen molar-refractivity contribution < 1.29 is 40.5 Å². The van der Waals surface area contributed by atoms with E-state index in [1.54, 1.807) is 0 Å². The molecule has 0 saturated heterocycles. The van der Waals surface area contributed by atoms with Gasteiger partial charge in [-0.3, -0.25) is 4.79 Å². The number of benzene rings is 1. The van der Waals surface area contributed by atoms with Crippen LogP contribution in [0.3, 0.4) is 0 Å². The minimum absolute atomic E-state index is 0.264. The van der Waals surface area contributed by atoms with Crippen LogP contribution in [0.1, 0.15) is 18.2 Å². The zero-order valence-electron chi connectivity index (χ0n) is 14.6. The zero-order chi connectivity index (χ0) is 22.3. The van der Waals surface area contributed by atoms with Crippen molar-refractivity contribution in [3.63, 3.8) is 0 Å². The fourth-order valence-electron chi connectivity index (χ4n) is 2.35. The maximum atomic E-state index is 13.9. The molecule has 1 N–H and O–H groups in total. The molecular formula is C15H11F7N4O3. The lowest BCUT2D eigenvalue weighted by molar-refractivity contribution is -0.389. The molecule has 1 atom stereocenters. The third kappa shape index (κ3) is 4.30. The Bertz CT molecular complexity index is 958. The van der Waals surface area contributed by atoms with Gasteiger partial charge >= 0.3 is 12.0 Å². The molecule has 1 amide bonds. The van der Waals surface area contributed by atoms with Gasteiger partial charge in [-0.2, -0.15) is 17.9 Å². The Morgan fingerprint density at radius 3 is 2.14 bits per heavy atom. The highest BCUT2D eigenvalue weighted by Gasteiger charge is 2.42. The molecule has 1 unspecified atom stereocenters. The molecule has 0 fully saturated rings. The van der Waals surface area contributed by atoms with Crippen molar-refractivity contribution >= 4 is 17.4 Å². The quantitative estimate of drug-likeness (QED) is 0.338. The number of nitro groups is 1. The highest BCUT2D eigenvalue weighted by atomic mass is 19.4. The van der Waals surface area contributed by atoms with Gasteiger partial charge in [-0.15, -0.1) is 0 Å². The Balaban J connectivity index is 2.30. The van der Waals surface area contributed by atoms with E-state index in [0.717, 1.165) is 10.7 Å². The van der Waals surface area contributed by atoms with Gasteiger partial charge in [0.05, 0.1) is 29.3 Å². The minimum atomic E-state index is -5.71. The number of anilines is 1. The van der Waals surface area contributed by atoms with E-state index in [1.165, 1.54) is 19.2 Å². The summed E-state index contributed by atoms with van der Waals surface area (Å²) in [5, 5.41) is 15.8. The van der Waals surface area contributed by atoms with E-state index in [1.807, 2.05) is 0 Å². The van der Waals surface area contributed by atoms with Crippen LogP contribution in [-0.2, 0) is 17.5 Å². The van der Waals surface area contributed by atoms with Gasteiger partial charge < -0.3 is 15.4 Å². The minimum Gasteiger partial charge on any atom is -0.358 e. The number of alkyl halides is 3. The normalized spacial score (nSPS) is 12.7. The van der Waals surface area contributed by atoms with Crippen LogP contribution < -0.4 is 5.32 Å². The third-order valence-corrected chi connectivity index (χ3v) is 3.84. The van der Waals surface area contributed by atoms with Crippen molar-refractivity contribution in [3.05, 3.63) is 50.7 Å². The highest BCUT2D eigenvalue weighted by molar-refractivity contribution is 5.92. The Labute approximate surface area is 157 Å². The second-order valence-electron chi connectivity index (χ2n) is 5.98. The predicted molar refractivity (Wildman–Crippen MR) is 82.7 cm³/mol. The van der Waals surface area contributed by atoms with E-state index in [0.29, 0.717) is 0 Å². The SMILES string of the molecule is Cc1cc([N+](=O)[O-])nn1CC(C)C(=O)Nc1c(F)c(F)c(C(F)(F)F)c(F)c1F. The predicted octanol–water partition coefficient (Wildman–Crippen LogP) is 3.95. The lowest BCUT2D eigenvalue weighted by atomic mass is 10.1. The summed E-state index contributed by atoms with van der Waals surface area (Å²) in [5.41, 5.74) is -4.23. The lowest BCUT2D eigenvalue weighted by Crippen LogP contribution is -2.27. The van der Waals surface area contributed by atoms with Crippen molar-refractivity contribution in [2.75, 3.05) is 5.32 Å². The number of hydrogen-bond donors (Lipinski definition) is 1. The van der Waals surface area contributed by atoms with E-state index in [9.17, 15) is 45.6 Å². The Morgan fingerprint density at radius 1 is 1.21 bits per heavy atom. The van der Waals surface area contributed by atoms with Crippen LogP contribution in [0.15, 0.2) is 6.07 Å². The largest absolute Gasteiger partial charge is 0.422 e. The van der Waals surface area contributed by atoms with Crippen LogP contribution in [0.4, 0.5) is 42.2 Å². The topological polar surface area (TPSA) is 90.1 Å². The van der Waals surface area contributed by atoms with Crippen molar-refractivity contribution in [3.8, 4) is 0 Å². The molecule has 29 heavy (non-hydrogen) atoms. The van der Waals surface area contributed by atoms with Crippen LogP contribution in [0.25, 0.3) is 0 Å². The molecule has 2 rings (SSSR count). The number of carbonyl (C=O) groups is 1. The second kappa shape index (κ2) is 7.67. The van der Waals surface area contributed by atoms with Gasteiger partial charge in [0.15, 0.2) is 23.3 Å². The molecule has 0 aliphatic heterocycles. The van der Waals surface area contributed by atoms with Gasteiger partial charge in [0.25, 0.3) is 0 Å². The van der Waals surface area contributed by atoms with Crippen LogP contribution in [0.2, 0.25) is 0 Å². The number of amides is 1. The highest BCUT2D eigenvalue weighted by Crippen LogP contribution is 2.38. The average Bonchev–Trinajstić information content (AvgIpc) is 2.96. The van der Waals surface area contributed by atoms with Gasteiger partial charge in [-0.25, -0.2) is 17.6 Å². The number of nitrogens with zero attached hydrogens (tertiary/aromatic N) is 3. The second-order valence-corrected chi connectivity index (χ2v) is 5.98. The molecule has 14 heteroatoms. The molecule has 1 aromatic carbocycles. The number of carbonyl (C=O) groups excluding carboxylic acids is 1. The van der Waals surface area contributed by atoms with Crippen LogP contribution in [-0.4, -0.2) is 20.6 Å². The fraction of sp³-hybridized carbons (Fsp3) is 0.333. The molecule has 1 aromatic heterocycles. The Morgan fingerprint density at radius 2 is 1.72 bits per heavy atom. The summed E-state index contributed by atoms with van der Waals surface area (Å²) in [6.07, 6.45) is -5.71. The van der Waals surface area contributed by atoms with E-state index < -0.39 is 63.3 Å². The fourth-order valence-corrected chi connectivity index (χ4v) is 2.35. The first-order valence-corrected chi connectivity index (χ1v) is 7.68. The van der Waals surface area contributed by atoms with Crippen LogP contribution >= 0.6 is 0 Å². The van der Waals surface area contributed by atoms with E-state index >= 15 is 0 Å². The molecule has 0 radical (unpaired) electrons. The van der Waals surface area contributed by atoms with Crippen LogP contribution in [0.5, 0.6) is 0 Å². The molecule has 158 valence electrons. The number of halogens is 7. The van der Waals surface area contributed by atoms with Crippen molar-refractivity contribution in [1.29, 1.82) is 0 Å². The Kier molecular flexibility index (Phi) is 5.85. The van der Waals surface area contributed by atoms with Gasteiger partial charge in [-0.05, 0) is 11.8 Å². The maximum absolute atomic E-state index is 13.9. The summed E-state index contributed by atoms with van der Waals surface area (Å²) >= 11 is 0. The summed E-state index contributed by atoms with van der Waals surface area (Å²) in [6.45, 7) is 2.28. The number of hydrogen-bond acceptors (Lipinski definition) is 4. The van der Waals surface area contributed by atoms with Crippen molar-refractivity contribution in [2.45, 2.75) is 26.6 Å². The molecular weight excluding hydrogens is 417 g/mol. The molecule has 7 nitrogen and oxygen atoms in total. The van der Waals surface area contributed by atoms with E-state index in [2.05, 4.69) is 5.10 Å². The summed E-state index contributed by atoms with van der Waals surface area (Å²) in [7, 11) is 0. The first-order valence-electron chi connectivity index (χ1n) is 7.68.